The van der Waals surface area contributed by atoms with Gasteiger partial charge in [0.1, 0.15) is 0 Å². The van der Waals surface area contributed by atoms with Crippen molar-refractivity contribution in [2.24, 2.45) is 10.2 Å². The third kappa shape index (κ3) is 1.38. The number of hydrogen-bond donors (Lipinski definition) is 0. The fraction of sp³-hybridized carbons (Fsp3) is 0.200. The molecule has 0 bridgehead atoms. The zero-order valence-electron chi connectivity index (χ0n) is 4.70. The maximum atomic E-state index is 10.7. The second-order valence-electron chi connectivity index (χ2n) is 1.47. The molecule has 3 nitrogen and oxygen atoms in total. The molecule has 0 saturated heterocycles. The van der Waals surface area contributed by atoms with Crippen LogP contribution >= 0.6 is 11.8 Å². The quantitative estimate of drug-likeness (QED) is 0.502. The molecule has 0 aromatic heterocycles. The zero-order chi connectivity index (χ0) is 6.69. The van der Waals surface area contributed by atoms with Crippen LogP contribution < -0.4 is 0 Å². The molecule has 1 aliphatic rings. The van der Waals surface area contributed by atoms with Gasteiger partial charge in [0.15, 0.2) is 10.8 Å². The SMILES string of the molecule is [CH2]SC1=NN=CCC1=O. The summed E-state index contributed by atoms with van der Waals surface area (Å²) in [6.45, 7) is 0. The van der Waals surface area contributed by atoms with E-state index >= 15 is 0 Å². The second kappa shape index (κ2) is 2.77. The average Bonchev–Trinajstić information content (AvgIpc) is 1.89. The molecule has 0 fully saturated rings. The number of rotatable bonds is 0. The number of hydrogen-bond acceptors (Lipinski definition) is 4. The van der Waals surface area contributed by atoms with Crippen LogP contribution in [-0.4, -0.2) is 17.0 Å². The first-order valence-electron chi connectivity index (χ1n) is 2.39. The van der Waals surface area contributed by atoms with Gasteiger partial charge in [-0.15, -0.1) is 16.9 Å². The highest BCUT2D eigenvalue weighted by Gasteiger charge is 2.10. The van der Waals surface area contributed by atoms with E-state index in [-0.39, 0.29) is 5.78 Å². The van der Waals surface area contributed by atoms with Gasteiger partial charge < -0.3 is 0 Å². The standard InChI is InChI=1S/C5H5N2OS/c1-9-5-4(8)2-3-6-7-5/h3H,1-2H2. The van der Waals surface area contributed by atoms with Gasteiger partial charge in [-0.2, -0.15) is 5.10 Å². The molecular weight excluding hydrogens is 136 g/mol. The molecule has 0 aromatic carbocycles. The summed E-state index contributed by atoms with van der Waals surface area (Å²) in [6.07, 6.45) is 5.30. The van der Waals surface area contributed by atoms with Crippen molar-refractivity contribution in [1.29, 1.82) is 0 Å². The first-order valence-corrected chi connectivity index (χ1v) is 3.38. The number of ketones is 1. The van der Waals surface area contributed by atoms with E-state index in [4.69, 9.17) is 0 Å². The van der Waals surface area contributed by atoms with Gasteiger partial charge in [0, 0.05) is 12.5 Å². The molecule has 4 heteroatoms. The molecule has 0 atom stereocenters. The Morgan fingerprint density at radius 1 is 1.78 bits per heavy atom. The van der Waals surface area contributed by atoms with Gasteiger partial charge >= 0.3 is 0 Å². The summed E-state index contributed by atoms with van der Waals surface area (Å²) >= 11 is 1.09. The van der Waals surface area contributed by atoms with E-state index in [2.05, 4.69) is 16.5 Å². The van der Waals surface area contributed by atoms with E-state index in [1.165, 1.54) is 6.21 Å². The summed E-state index contributed by atoms with van der Waals surface area (Å²) in [5.74, 6) is 0.00463. The lowest BCUT2D eigenvalue weighted by atomic mass is 10.3. The van der Waals surface area contributed by atoms with Gasteiger partial charge in [0.05, 0.1) is 6.42 Å². The molecule has 0 N–H and O–H groups in total. The second-order valence-corrected chi connectivity index (χ2v) is 2.15. The lowest BCUT2D eigenvalue weighted by molar-refractivity contribution is -0.111. The van der Waals surface area contributed by atoms with E-state index in [0.29, 0.717) is 11.5 Å². The molecule has 0 saturated carbocycles. The molecule has 1 aliphatic heterocycles. The molecule has 9 heavy (non-hydrogen) atoms. The van der Waals surface area contributed by atoms with E-state index in [1.54, 1.807) is 0 Å². The number of carbonyl (C=O) groups is 1. The van der Waals surface area contributed by atoms with Crippen molar-refractivity contribution in [3.63, 3.8) is 0 Å². The molecule has 1 radical (unpaired) electrons. The molecule has 0 unspecified atom stereocenters. The minimum atomic E-state index is 0.00463. The van der Waals surface area contributed by atoms with Crippen molar-refractivity contribution in [3.05, 3.63) is 6.26 Å². The highest BCUT2D eigenvalue weighted by atomic mass is 32.2. The van der Waals surface area contributed by atoms with Crippen molar-refractivity contribution in [2.45, 2.75) is 6.42 Å². The predicted octanol–water partition coefficient (Wildman–Crippen LogP) is 0.868. The van der Waals surface area contributed by atoms with Crippen LogP contribution in [0.15, 0.2) is 10.2 Å². The van der Waals surface area contributed by atoms with E-state index in [9.17, 15) is 4.79 Å². The van der Waals surface area contributed by atoms with Gasteiger partial charge in [-0.1, -0.05) is 0 Å². The highest BCUT2D eigenvalue weighted by Crippen LogP contribution is 2.06. The Bertz CT molecular complexity index is 185. The Morgan fingerprint density at radius 3 is 3.00 bits per heavy atom. The van der Waals surface area contributed by atoms with Crippen LogP contribution in [0.5, 0.6) is 0 Å². The third-order valence-corrected chi connectivity index (χ3v) is 1.46. The summed E-state index contributed by atoms with van der Waals surface area (Å²) < 4.78 is 0. The molecule has 47 valence electrons. The topological polar surface area (TPSA) is 41.8 Å². The van der Waals surface area contributed by atoms with Gasteiger partial charge in [-0.3, -0.25) is 4.79 Å². The summed E-state index contributed by atoms with van der Waals surface area (Å²) in [7, 11) is 0. The van der Waals surface area contributed by atoms with Crippen LogP contribution in [0.4, 0.5) is 0 Å². The van der Waals surface area contributed by atoms with Gasteiger partial charge in [0.25, 0.3) is 0 Å². The van der Waals surface area contributed by atoms with Crippen LogP contribution in [0.1, 0.15) is 6.42 Å². The largest absolute Gasteiger partial charge is 0.291 e. The van der Waals surface area contributed by atoms with Crippen LogP contribution in [0, 0.1) is 6.26 Å². The minimum Gasteiger partial charge on any atom is -0.291 e. The highest BCUT2D eigenvalue weighted by molar-refractivity contribution is 8.16. The molecule has 0 aliphatic carbocycles. The average molecular weight is 141 g/mol. The van der Waals surface area contributed by atoms with E-state index in [1.807, 2.05) is 0 Å². The third-order valence-electron chi connectivity index (χ3n) is 0.882. The predicted molar refractivity (Wildman–Crippen MR) is 38.5 cm³/mol. The van der Waals surface area contributed by atoms with Crippen molar-refractivity contribution in [2.75, 3.05) is 0 Å². The Kier molecular flexibility index (Phi) is 2.00. The smallest absolute Gasteiger partial charge is 0.194 e. The summed E-state index contributed by atoms with van der Waals surface area (Å²) in [5.41, 5.74) is 0. The Labute approximate surface area is 57.2 Å². The number of carbonyl (C=O) groups excluding carboxylic acids is 1. The maximum Gasteiger partial charge on any atom is 0.194 e. The lowest BCUT2D eigenvalue weighted by Gasteiger charge is -1.99. The first-order chi connectivity index (χ1) is 4.34. The molecule has 0 aromatic rings. The zero-order valence-corrected chi connectivity index (χ0v) is 5.52. The fourth-order valence-corrected chi connectivity index (χ4v) is 0.819. The summed E-state index contributed by atoms with van der Waals surface area (Å²) in [6, 6.07) is 0. The van der Waals surface area contributed by atoms with Crippen LogP contribution in [0.3, 0.4) is 0 Å². The van der Waals surface area contributed by atoms with Crippen LogP contribution in [0.25, 0.3) is 0 Å². The van der Waals surface area contributed by atoms with Crippen molar-refractivity contribution < 1.29 is 4.79 Å². The summed E-state index contributed by atoms with van der Waals surface area (Å²) in [4.78, 5) is 10.7. The summed E-state index contributed by atoms with van der Waals surface area (Å²) in [5, 5.41) is 7.53. The Hall–Kier alpha value is -0.640. The Balaban J connectivity index is 2.74. The van der Waals surface area contributed by atoms with E-state index < -0.39 is 0 Å². The lowest BCUT2D eigenvalue weighted by Crippen LogP contribution is -2.12. The maximum absolute atomic E-state index is 10.7. The number of thioether (sulfide) groups is 1. The van der Waals surface area contributed by atoms with Crippen LogP contribution in [0.2, 0.25) is 0 Å². The molecule has 0 spiro atoms. The molecule has 1 rings (SSSR count). The molecular formula is C5H5N2OS. The Morgan fingerprint density at radius 2 is 2.56 bits per heavy atom. The molecule has 1 heterocycles. The molecule has 0 amide bonds. The number of Topliss-reactive ketones (excluding diaryl/α,β-unsaturated/α-hetero) is 1. The fourth-order valence-electron chi connectivity index (χ4n) is 0.469. The van der Waals surface area contributed by atoms with Crippen molar-refractivity contribution >= 4 is 28.8 Å². The monoisotopic (exact) mass is 141 g/mol. The van der Waals surface area contributed by atoms with Crippen LogP contribution in [-0.2, 0) is 4.79 Å². The minimum absolute atomic E-state index is 0.00463. The van der Waals surface area contributed by atoms with Crippen molar-refractivity contribution in [3.8, 4) is 0 Å². The van der Waals surface area contributed by atoms with Gasteiger partial charge in [-0.05, 0) is 0 Å². The van der Waals surface area contributed by atoms with Crippen molar-refractivity contribution in [1.82, 2.24) is 0 Å². The van der Waals surface area contributed by atoms with Gasteiger partial charge in [-0.25, -0.2) is 0 Å². The van der Waals surface area contributed by atoms with Gasteiger partial charge in [0.2, 0.25) is 0 Å². The first kappa shape index (κ1) is 6.48. The van der Waals surface area contributed by atoms with E-state index in [0.717, 1.165) is 11.8 Å². The normalized spacial score (nSPS) is 17.9. The number of nitrogens with zero attached hydrogens (tertiary/aromatic N) is 2.